The third-order valence-electron chi connectivity index (χ3n) is 3.69. The zero-order valence-corrected chi connectivity index (χ0v) is 12.4. The molecule has 0 bridgehead atoms. The summed E-state index contributed by atoms with van der Waals surface area (Å²) in [6, 6.07) is 6.28. The third kappa shape index (κ3) is 4.97. The molecule has 0 aliphatic carbocycles. The highest BCUT2D eigenvalue weighted by Gasteiger charge is 2.26. The number of benzene rings is 1. The van der Waals surface area contributed by atoms with Crippen molar-refractivity contribution in [3.05, 3.63) is 29.8 Å². The highest BCUT2D eigenvalue weighted by Crippen LogP contribution is 2.21. The molecule has 3 N–H and O–H groups in total. The number of para-hydroxylation sites is 1. The van der Waals surface area contributed by atoms with Gasteiger partial charge in [-0.2, -0.15) is 8.78 Å². The highest BCUT2D eigenvalue weighted by atomic mass is 19.3. The predicted molar refractivity (Wildman–Crippen MR) is 77.3 cm³/mol. The molecular weight excluding hydrogens is 278 g/mol. The van der Waals surface area contributed by atoms with Crippen molar-refractivity contribution < 1.29 is 18.3 Å². The van der Waals surface area contributed by atoms with Gasteiger partial charge < -0.3 is 15.8 Å². The van der Waals surface area contributed by atoms with Crippen molar-refractivity contribution >= 4 is 5.91 Å². The highest BCUT2D eigenvalue weighted by molar-refractivity contribution is 5.80. The smallest absolute Gasteiger partial charge is 0.387 e. The van der Waals surface area contributed by atoms with Crippen LogP contribution in [-0.2, 0) is 11.2 Å². The van der Waals surface area contributed by atoms with Gasteiger partial charge in [0.1, 0.15) is 5.75 Å². The number of halogens is 2. The molecule has 0 atom stereocenters. The Balaban J connectivity index is 2.79. The second-order valence-electron chi connectivity index (χ2n) is 4.90. The molecule has 0 aliphatic heterocycles. The number of hydrogen-bond acceptors (Lipinski definition) is 3. The van der Waals surface area contributed by atoms with E-state index >= 15 is 0 Å². The average Bonchev–Trinajstić information content (AvgIpc) is 2.46. The van der Waals surface area contributed by atoms with E-state index in [2.05, 4.69) is 10.1 Å². The molecule has 118 valence electrons. The van der Waals surface area contributed by atoms with E-state index in [1.54, 1.807) is 18.2 Å². The fourth-order valence-corrected chi connectivity index (χ4v) is 2.14. The number of rotatable bonds is 8. The Morgan fingerprint density at radius 1 is 1.33 bits per heavy atom. The Labute approximate surface area is 123 Å². The number of carbonyl (C=O) groups excluding carboxylic acids is 1. The van der Waals surface area contributed by atoms with Gasteiger partial charge in [-0.25, -0.2) is 0 Å². The van der Waals surface area contributed by atoms with Gasteiger partial charge in [-0.1, -0.05) is 32.0 Å². The van der Waals surface area contributed by atoms with Crippen LogP contribution in [0.3, 0.4) is 0 Å². The molecular formula is C15H22F2N2O2. The standard InChI is InChI=1S/C15H22F2N2O2/c1-3-15(4-2,10-18)19-13(20)9-11-7-5-6-8-12(11)21-14(16)17/h5-8,14H,3-4,9-10,18H2,1-2H3,(H,19,20). The molecule has 4 nitrogen and oxygen atoms in total. The van der Waals surface area contributed by atoms with Crippen molar-refractivity contribution in [1.82, 2.24) is 5.32 Å². The zero-order chi connectivity index (χ0) is 15.9. The van der Waals surface area contributed by atoms with E-state index in [4.69, 9.17) is 5.73 Å². The van der Waals surface area contributed by atoms with E-state index < -0.39 is 12.2 Å². The second kappa shape index (κ2) is 7.93. The number of hydrogen-bond donors (Lipinski definition) is 2. The molecule has 21 heavy (non-hydrogen) atoms. The van der Waals surface area contributed by atoms with Gasteiger partial charge >= 0.3 is 6.61 Å². The number of ether oxygens (including phenoxy) is 1. The van der Waals surface area contributed by atoms with Gasteiger partial charge in [-0.3, -0.25) is 4.79 Å². The summed E-state index contributed by atoms with van der Waals surface area (Å²) in [5, 5.41) is 2.90. The number of carbonyl (C=O) groups is 1. The summed E-state index contributed by atoms with van der Waals surface area (Å²) in [6.45, 7) is 1.32. The van der Waals surface area contributed by atoms with Crippen molar-refractivity contribution in [1.29, 1.82) is 0 Å². The minimum atomic E-state index is -2.91. The van der Waals surface area contributed by atoms with Crippen LogP contribution in [0.2, 0.25) is 0 Å². The van der Waals surface area contributed by atoms with Crippen LogP contribution in [0.4, 0.5) is 8.78 Å². The molecule has 0 fully saturated rings. The lowest BCUT2D eigenvalue weighted by atomic mass is 9.92. The molecule has 0 aliphatic rings. The van der Waals surface area contributed by atoms with Gasteiger partial charge in [-0.15, -0.1) is 0 Å². The molecule has 0 saturated carbocycles. The Kier molecular flexibility index (Phi) is 6.55. The summed E-state index contributed by atoms with van der Waals surface area (Å²) >= 11 is 0. The first-order chi connectivity index (χ1) is 9.96. The minimum absolute atomic E-state index is 0.0222. The summed E-state index contributed by atoms with van der Waals surface area (Å²) < 4.78 is 29.1. The molecule has 0 unspecified atom stereocenters. The molecule has 0 heterocycles. The van der Waals surface area contributed by atoms with E-state index in [0.29, 0.717) is 24.9 Å². The Bertz CT molecular complexity index is 454. The van der Waals surface area contributed by atoms with Crippen LogP contribution < -0.4 is 15.8 Å². The van der Waals surface area contributed by atoms with Gasteiger partial charge in [0.05, 0.1) is 12.0 Å². The van der Waals surface area contributed by atoms with Gasteiger partial charge in [0.25, 0.3) is 0 Å². The average molecular weight is 300 g/mol. The Morgan fingerprint density at radius 3 is 2.48 bits per heavy atom. The summed E-state index contributed by atoms with van der Waals surface area (Å²) in [5.74, 6) is -0.233. The lowest BCUT2D eigenvalue weighted by Crippen LogP contribution is -2.53. The molecule has 0 aromatic heterocycles. The van der Waals surface area contributed by atoms with Crippen molar-refractivity contribution in [2.75, 3.05) is 6.54 Å². The summed E-state index contributed by atoms with van der Waals surface area (Å²) in [7, 11) is 0. The van der Waals surface area contributed by atoms with E-state index in [1.165, 1.54) is 6.07 Å². The van der Waals surface area contributed by atoms with Gasteiger partial charge in [-0.05, 0) is 18.9 Å². The molecule has 0 radical (unpaired) electrons. The van der Waals surface area contributed by atoms with Crippen molar-refractivity contribution in [2.45, 2.75) is 45.3 Å². The van der Waals surface area contributed by atoms with Crippen LogP contribution in [0.15, 0.2) is 24.3 Å². The Morgan fingerprint density at radius 2 is 1.95 bits per heavy atom. The van der Waals surface area contributed by atoms with Gasteiger partial charge in [0.15, 0.2) is 0 Å². The molecule has 1 rings (SSSR count). The van der Waals surface area contributed by atoms with Crippen LogP contribution in [0.25, 0.3) is 0 Å². The monoisotopic (exact) mass is 300 g/mol. The largest absolute Gasteiger partial charge is 0.435 e. The first-order valence-electron chi connectivity index (χ1n) is 7.00. The maximum Gasteiger partial charge on any atom is 0.387 e. The van der Waals surface area contributed by atoms with E-state index in [1.807, 2.05) is 13.8 Å². The molecule has 1 amide bonds. The van der Waals surface area contributed by atoms with Crippen LogP contribution in [0, 0.1) is 0 Å². The molecule has 0 saturated heterocycles. The Hall–Kier alpha value is -1.69. The minimum Gasteiger partial charge on any atom is -0.435 e. The SMILES string of the molecule is CCC(CC)(CN)NC(=O)Cc1ccccc1OC(F)F. The maximum absolute atomic E-state index is 12.3. The van der Waals surface area contributed by atoms with Gasteiger partial charge in [0.2, 0.25) is 5.91 Å². The third-order valence-corrected chi connectivity index (χ3v) is 3.69. The first kappa shape index (κ1) is 17.4. The summed E-state index contributed by atoms with van der Waals surface area (Å²) in [6.07, 6.45) is 1.40. The molecule has 0 spiro atoms. The fourth-order valence-electron chi connectivity index (χ4n) is 2.14. The number of amides is 1. The lowest BCUT2D eigenvalue weighted by molar-refractivity contribution is -0.122. The van der Waals surface area contributed by atoms with E-state index in [9.17, 15) is 13.6 Å². The second-order valence-corrected chi connectivity index (χ2v) is 4.90. The van der Waals surface area contributed by atoms with Crippen molar-refractivity contribution in [2.24, 2.45) is 5.73 Å². The van der Waals surface area contributed by atoms with E-state index in [0.717, 1.165) is 0 Å². The maximum atomic E-state index is 12.3. The van der Waals surface area contributed by atoms with Crippen molar-refractivity contribution in [3.8, 4) is 5.75 Å². The molecule has 6 heteroatoms. The van der Waals surface area contributed by atoms with Crippen LogP contribution in [0.1, 0.15) is 32.3 Å². The van der Waals surface area contributed by atoms with E-state index in [-0.39, 0.29) is 18.1 Å². The van der Waals surface area contributed by atoms with Gasteiger partial charge in [0, 0.05) is 12.1 Å². The topological polar surface area (TPSA) is 64.3 Å². The summed E-state index contributed by atoms with van der Waals surface area (Å²) in [4.78, 5) is 12.1. The lowest BCUT2D eigenvalue weighted by Gasteiger charge is -2.31. The van der Waals surface area contributed by atoms with Crippen molar-refractivity contribution in [3.63, 3.8) is 0 Å². The van der Waals surface area contributed by atoms with Crippen LogP contribution in [0.5, 0.6) is 5.75 Å². The fraction of sp³-hybridized carbons (Fsp3) is 0.533. The molecule has 1 aromatic carbocycles. The number of nitrogens with two attached hydrogens (primary N) is 1. The first-order valence-corrected chi connectivity index (χ1v) is 7.00. The number of alkyl halides is 2. The zero-order valence-electron chi connectivity index (χ0n) is 12.4. The summed E-state index contributed by atoms with van der Waals surface area (Å²) in [5.41, 5.74) is 5.70. The van der Waals surface area contributed by atoms with Crippen LogP contribution in [-0.4, -0.2) is 24.6 Å². The quantitative estimate of drug-likeness (QED) is 0.775. The normalized spacial score (nSPS) is 11.5. The predicted octanol–water partition coefficient (Wildman–Crippen LogP) is 2.46. The number of nitrogens with one attached hydrogen (secondary N) is 1. The molecule has 1 aromatic rings. The van der Waals surface area contributed by atoms with Crippen LogP contribution >= 0.6 is 0 Å².